The molecule has 10 aromatic rings. The predicted molar refractivity (Wildman–Crippen MR) is 214 cm³/mol. The minimum absolute atomic E-state index is 0.846. The van der Waals surface area contributed by atoms with Gasteiger partial charge in [0.15, 0.2) is 5.58 Å². The molecule has 0 atom stereocenters. The van der Waals surface area contributed by atoms with E-state index in [1.807, 2.05) is 0 Å². The molecule has 0 amide bonds. The van der Waals surface area contributed by atoms with Gasteiger partial charge in [0, 0.05) is 44.5 Å². The number of rotatable bonds is 6. The van der Waals surface area contributed by atoms with Gasteiger partial charge in [-0.1, -0.05) is 140 Å². The van der Waals surface area contributed by atoms with Gasteiger partial charge < -0.3 is 13.9 Å². The van der Waals surface area contributed by atoms with Crippen LogP contribution in [0.4, 0.5) is 17.1 Å². The lowest BCUT2D eigenvalue weighted by molar-refractivity contribution is 0.666. The highest BCUT2D eigenvalue weighted by Crippen LogP contribution is 2.44. The van der Waals surface area contributed by atoms with E-state index < -0.39 is 0 Å². The fourth-order valence-corrected chi connectivity index (χ4v) is 7.66. The minimum atomic E-state index is 0.846. The first-order valence-corrected chi connectivity index (χ1v) is 17.4. The molecule has 0 aliphatic rings. The second-order valence-electron chi connectivity index (χ2n) is 12.9. The van der Waals surface area contributed by atoms with Crippen molar-refractivity contribution in [3.05, 3.63) is 194 Å². The van der Waals surface area contributed by atoms with Crippen LogP contribution in [-0.2, 0) is 0 Å². The van der Waals surface area contributed by atoms with E-state index in [0.717, 1.165) is 61.3 Å². The first-order valence-electron chi connectivity index (χ1n) is 17.4. The third-order valence-electron chi connectivity index (χ3n) is 10.0. The van der Waals surface area contributed by atoms with Crippen molar-refractivity contribution in [3.63, 3.8) is 0 Å². The van der Waals surface area contributed by atoms with Crippen molar-refractivity contribution in [2.75, 3.05) is 4.90 Å². The van der Waals surface area contributed by atoms with Gasteiger partial charge in [-0.05, 0) is 65.2 Å². The summed E-state index contributed by atoms with van der Waals surface area (Å²) in [5, 5.41) is 4.65. The molecule has 0 aliphatic carbocycles. The number of benzene rings is 8. The van der Waals surface area contributed by atoms with Crippen LogP contribution in [0.5, 0.6) is 0 Å². The fraction of sp³-hybridized carbons (Fsp3) is 0. The topological polar surface area (TPSA) is 21.3 Å². The molecule has 2 aromatic heterocycles. The fourth-order valence-electron chi connectivity index (χ4n) is 7.66. The van der Waals surface area contributed by atoms with E-state index in [1.165, 1.54) is 27.5 Å². The molecule has 2 heterocycles. The van der Waals surface area contributed by atoms with Crippen molar-refractivity contribution >= 4 is 60.8 Å². The van der Waals surface area contributed by atoms with Gasteiger partial charge in [0.05, 0.1) is 22.4 Å². The zero-order valence-corrected chi connectivity index (χ0v) is 27.8. The lowest BCUT2D eigenvalue weighted by atomic mass is 10.0. The van der Waals surface area contributed by atoms with Gasteiger partial charge in [0.1, 0.15) is 5.58 Å². The van der Waals surface area contributed by atoms with E-state index in [4.69, 9.17) is 4.42 Å². The molecule has 0 spiro atoms. The molecular weight excluding hydrogens is 621 g/mol. The Balaban J connectivity index is 1.17. The first kappa shape index (κ1) is 29.1. The highest BCUT2D eigenvalue weighted by molar-refractivity contribution is 6.13. The van der Waals surface area contributed by atoms with Crippen molar-refractivity contribution in [1.29, 1.82) is 0 Å². The lowest BCUT2D eigenvalue weighted by Crippen LogP contribution is -2.11. The normalized spacial score (nSPS) is 11.5. The van der Waals surface area contributed by atoms with Crippen LogP contribution in [0.15, 0.2) is 199 Å². The third kappa shape index (κ3) is 4.82. The molecule has 240 valence electrons. The van der Waals surface area contributed by atoms with Crippen LogP contribution in [0.1, 0.15) is 0 Å². The second-order valence-corrected chi connectivity index (χ2v) is 12.9. The largest absolute Gasteiger partial charge is 0.454 e. The van der Waals surface area contributed by atoms with Crippen molar-refractivity contribution in [2.24, 2.45) is 0 Å². The molecule has 0 saturated carbocycles. The summed E-state index contributed by atoms with van der Waals surface area (Å²) in [7, 11) is 0. The summed E-state index contributed by atoms with van der Waals surface area (Å²) in [4.78, 5) is 2.34. The van der Waals surface area contributed by atoms with Crippen LogP contribution >= 0.6 is 0 Å². The summed E-state index contributed by atoms with van der Waals surface area (Å²) in [6, 6.07) is 69.0. The highest BCUT2D eigenvalue weighted by Gasteiger charge is 2.21. The van der Waals surface area contributed by atoms with Gasteiger partial charge in [0.25, 0.3) is 0 Å². The van der Waals surface area contributed by atoms with Gasteiger partial charge in [0.2, 0.25) is 0 Å². The third-order valence-corrected chi connectivity index (χ3v) is 10.0. The Hall–Kier alpha value is -6.84. The van der Waals surface area contributed by atoms with Gasteiger partial charge in [-0.25, -0.2) is 0 Å². The molecule has 0 unspecified atom stereocenters. The lowest BCUT2D eigenvalue weighted by Gasteiger charge is -2.28. The number of anilines is 3. The molecule has 0 radical (unpaired) electrons. The first-order chi connectivity index (χ1) is 25.3. The van der Waals surface area contributed by atoms with Gasteiger partial charge in [-0.15, -0.1) is 0 Å². The van der Waals surface area contributed by atoms with Crippen LogP contribution in [0, 0.1) is 0 Å². The molecule has 0 bridgehead atoms. The number of nitrogens with zero attached hydrogens (tertiary/aromatic N) is 2. The van der Waals surface area contributed by atoms with Crippen LogP contribution < -0.4 is 4.90 Å². The zero-order chi connectivity index (χ0) is 33.7. The Morgan fingerprint density at radius 1 is 0.392 bits per heavy atom. The van der Waals surface area contributed by atoms with E-state index in [2.05, 4.69) is 204 Å². The SMILES string of the molecule is c1ccc(-c2ccc(N(c3ccc4c(c3)oc3c(-n5c6ccccc6c6ccccc65)cccc34)c3ccccc3-c3ccccc3)cc2)cc1. The van der Waals surface area contributed by atoms with Gasteiger partial charge >= 0.3 is 0 Å². The standard InChI is InChI=1S/C48H32N2O/c1-3-14-33(15-4-1)34-26-28-36(29-27-34)49(43-22-10-7-18-38(43)35-16-5-2-6-17-35)37-30-31-41-42-21-13-25-46(48(42)51-47(41)32-37)50-44-23-11-8-19-39(44)40-20-9-12-24-45(40)50/h1-32H. The van der Waals surface area contributed by atoms with E-state index >= 15 is 0 Å². The summed E-state index contributed by atoms with van der Waals surface area (Å²) in [5.74, 6) is 0. The molecule has 8 aromatic carbocycles. The average molecular weight is 653 g/mol. The Labute approximate surface area is 295 Å². The van der Waals surface area contributed by atoms with Crippen molar-refractivity contribution in [2.45, 2.75) is 0 Å². The quantitative estimate of drug-likeness (QED) is 0.178. The van der Waals surface area contributed by atoms with Crippen LogP contribution in [0.3, 0.4) is 0 Å². The summed E-state index contributed by atoms with van der Waals surface area (Å²) < 4.78 is 9.25. The Morgan fingerprint density at radius 3 is 1.69 bits per heavy atom. The van der Waals surface area contributed by atoms with Crippen molar-refractivity contribution in [3.8, 4) is 27.9 Å². The Morgan fingerprint density at radius 2 is 0.961 bits per heavy atom. The van der Waals surface area contributed by atoms with E-state index in [-0.39, 0.29) is 0 Å². The molecular formula is C48H32N2O. The van der Waals surface area contributed by atoms with Gasteiger partial charge in [-0.3, -0.25) is 0 Å². The monoisotopic (exact) mass is 652 g/mol. The van der Waals surface area contributed by atoms with E-state index in [9.17, 15) is 0 Å². The van der Waals surface area contributed by atoms with Gasteiger partial charge in [-0.2, -0.15) is 0 Å². The second kappa shape index (κ2) is 11.9. The summed E-state index contributed by atoms with van der Waals surface area (Å²) in [5.41, 5.74) is 13.0. The molecule has 0 fully saturated rings. The summed E-state index contributed by atoms with van der Waals surface area (Å²) in [6.07, 6.45) is 0. The Kier molecular flexibility index (Phi) is 6.81. The molecule has 3 nitrogen and oxygen atoms in total. The summed E-state index contributed by atoms with van der Waals surface area (Å²) >= 11 is 0. The minimum Gasteiger partial charge on any atom is -0.454 e. The molecule has 10 rings (SSSR count). The zero-order valence-electron chi connectivity index (χ0n) is 27.8. The highest BCUT2D eigenvalue weighted by atomic mass is 16.3. The maximum Gasteiger partial charge on any atom is 0.159 e. The van der Waals surface area contributed by atoms with E-state index in [1.54, 1.807) is 0 Å². The Bertz CT molecular complexity index is 2790. The van der Waals surface area contributed by atoms with E-state index in [0.29, 0.717) is 0 Å². The number of hydrogen-bond acceptors (Lipinski definition) is 2. The maximum absolute atomic E-state index is 6.91. The number of aromatic nitrogens is 1. The van der Waals surface area contributed by atoms with Crippen LogP contribution in [-0.4, -0.2) is 4.57 Å². The van der Waals surface area contributed by atoms with Crippen LogP contribution in [0.2, 0.25) is 0 Å². The molecule has 0 N–H and O–H groups in total. The van der Waals surface area contributed by atoms with Crippen LogP contribution in [0.25, 0.3) is 71.7 Å². The van der Waals surface area contributed by atoms with Crippen molar-refractivity contribution < 1.29 is 4.42 Å². The smallest absolute Gasteiger partial charge is 0.159 e. The number of hydrogen-bond donors (Lipinski definition) is 0. The molecule has 51 heavy (non-hydrogen) atoms. The summed E-state index contributed by atoms with van der Waals surface area (Å²) in [6.45, 7) is 0. The predicted octanol–water partition coefficient (Wildman–Crippen LogP) is 13.5. The molecule has 3 heteroatoms. The average Bonchev–Trinajstić information content (AvgIpc) is 3.75. The number of para-hydroxylation sites is 4. The van der Waals surface area contributed by atoms with Crippen molar-refractivity contribution in [1.82, 2.24) is 4.57 Å². The molecule has 0 saturated heterocycles. The maximum atomic E-state index is 6.91. The number of furan rings is 1. The number of fused-ring (bicyclic) bond motifs is 6. The molecule has 0 aliphatic heterocycles.